The first kappa shape index (κ1) is 33.9. The molecule has 35 heavy (non-hydrogen) atoms. The minimum Gasteiger partial charge on any atom is -0.465 e. The first-order valence-electron chi connectivity index (χ1n) is 15.3. The van der Waals surface area contributed by atoms with Crippen LogP contribution in [-0.2, 0) is 14.3 Å². The molecule has 0 saturated carbocycles. The fraction of sp³-hybridized carbons (Fsp3) is 0.933. The molecule has 0 bridgehead atoms. The van der Waals surface area contributed by atoms with Crippen LogP contribution in [0.15, 0.2) is 0 Å². The number of hydrogen-bond acceptors (Lipinski definition) is 4. The van der Waals surface area contributed by atoms with Crippen LogP contribution in [0.4, 0.5) is 0 Å². The summed E-state index contributed by atoms with van der Waals surface area (Å²) in [5, 5.41) is 2.99. The largest absolute Gasteiger partial charge is 0.465 e. The molecule has 0 aromatic heterocycles. The van der Waals surface area contributed by atoms with Gasteiger partial charge >= 0.3 is 5.97 Å². The van der Waals surface area contributed by atoms with E-state index in [9.17, 15) is 9.59 Å². The predicted octanol–water partition coefficient (Wildman–Crippen LogP) is 7.99. The average molecular weight is 497 g/mol. The Kier molecular flexibility index (Phi) is 26.6. The van der Waals surface area contributed by atoms with Crippen molar-refractivity contribution in [3.63, 3.8) is 0 Å². The first-order valence-corrected chi connectivity index (χ1v) is 15.3. The Hall–Kier alpha value is -1.10. The number of nitrogens with two attached hydrogens (primary N) is 1. The smallest absolute Gasteiger partial charge is 0.322 e. The number of amides is 1. The molecular weight excluding hydrogens is 436 g/mol. The standard InChI is InChI=1S/C30H60N2O3/c1-3-5-7-9-11-13-15-17-19-23-27-35-30(34)28(31)24-21-22-26-32-29(33)25-20-18-16-14-12-10-8-6-4-2/h28H,3-27,31H2,1-2H3,(H,32,33). The zero-order valence-electron chi connectivity index (χ0n) is 23.6. The summed E-state index contributed by atoms with van der Waals surface area (Å²) in [5.41, 5.74) is 5.97. The summed E-state index contributed by atoms with van der Waals surface area (Å²) < 4.78 is 5.33. The third kappa shape index (κ3) is 25.8. The molecule has 0 aliphatic carbocycles. The second kappa shape index (κ2) is 27.5. The van der Waals surface area contributed by atoms with Gasteiger partial charge in [0.2, 0.25) is 5.91 Å². The van der Waals surface area contributed by atoms with Crippen molar-refractivity contribution < 1.29 is 14.3 Å². The lowest BCUT2D eigenvalue weighted by Gasteiger charge is -2.12. The summed E-state index contributed by atoms with van der Waals surface area (Å²) in [7, 11) is 0. The molecule has 1 amide bonds. The second-order valence-corrected chi connectivity index (χ2v) is 10.4. The molecule has 208 valence electrons. The highest BCUT2D eigenvalue weighted by Gasteiger charge is 2.14. The molecule has 0 rings (SSSR count). The van der Waals surface area contributed by atoms with Crippen molar-refractivity contribution in [1.29, 1.82) is 0 Å². The van der Waals surface area contributed by atoms with Crippen LogP contribution in [0.2, 0.25) is 0 Å². The molecule has 0 saturated heterocycles. The molecule has 0 aromatic rings. The van der Waals surface area contributed by atoms with Gasteiger partial charge in [-0.25, -0.2) is 0 Å². The number of carbonyl (C=O) groups excluding carboxylic acids is 2. The van der Waals surface area contributed by atoms with Gasteiger partial charge in [0.15, 0.2) is 0 Å². The van der Waals surface area contributed by atoms with E-state index >= 15 is 0 Å². The minimum absolute atomic E-state index is 0.146. The van der Waals surface area contributed by atoms with Crippen molar-refractivity contribution in [2.45, 2.75) is 168 Å². The average Bonchev–Trinajstić information content (AvgIpc) is 2.85. The summed E-state index contributed by atoms with van der Waals surface area (Å²) in [6.45, 7) is 5.65. The van der Waals surface area contributed by atoms with Gasteiger partial charge in [-0.3, -0.25) is 9.59 Å². The highest BCUT2D eigenvalue weighted by Crippen LogP contribution is 2.12. The van der Waals surface area contributed by atoms with E-state index in [0.29, 0.717) is 26.0 Å². The van der Waals surface area contributed by atoms with Gasteiger partial charge in [0.05, 0.1) is 6.61 Å². The topological polar surface area (TPSA) is 81.4 Å². The summed E-state index contributed by atoms with van der Waals surface area (Å²) in [6, 6.07) is -0.546. The zero-order chi connectivity index (χ0) is 25.8. The van der Waals surface area contributed by atoms with Gasteiger partial charge in [-0.1, -0.05) is 123 Å². The number of unbranched alkanes of at least 4 members (excludes halogenated alkanes) is 18. The molecule has 0 aliphatic rings. The maximum Gasteiger partial charge on any atom is 0.322 e. The van der Waals surface area contributed by atoms with Gasteiger partial charge < -0.3 is 15.8 Å². The van der Waals surface area contributed by atoms with Gasteiger partial charge in [0, 0.05) is 13.0 Å². The zero-order valence-corrected chi connectivity index (χ0v) is 23.6. The van der Waals surface area contributed by atoms with Crippen molar-refractivity contribution in [2.75, 3.05) is 13.2 Å². The molecule has 0 heterocycles. The highest BCUT2D eigenvalue weighted by molar-refractivity contribution is 5.76. The Bertz CT molecular complexity index is 471. The second-order valence-electron chi connectivity index (χ2n) is 10.4. The summed E-state index contributed by atoms with van der Waals surface area (Å²) in [5.74, 6) is -0.136. The van der Waals surface area contributed by atoms with Crippen molar-refractivity contribution in [1.82, 2.24) is 5.32 Å². The Morgan fingerprint density at radius 1 is 0.629 bits per heavy atom. The van der Waals surface area contributed by atoms with E-state index in [1.165, 1.54) is 96.3 Å². The maximum absolute atomic E-state index is 12.0. The summed E-state index contributed by atoms with van der Waals surface area (Å²) in [4.78, 5) is 23.9. The molecule has 5 heteroatoms. The highest BCUT2D eigenvalue weighted by atomic mass is 16.5. The van der Waals surface area contributed by atoms with Gasteiger partial charge in [-0.05, 0) is 32.1 Å². The van der Waals surface area contributed by atoms with Crippen LogP contribution < -0.4 is 11.1 Å². The van der Waals surface area contributed by atoms with E-state index in [4.69, 9.17) is 10.5 Å². The monoisotopic (exact) mass is 496 g/mol. The van der Waals surface area contributed by atoms with Gasteiger partial charge in [0.1, 0.15) is 6.04 Å². The van der Waals surface area contributed by atoms with Crippen LogP contribution in [-0.4, -0.2) is 31.1 Å². The number of ether oxygens (including phenoxy) is 1. The lowest BCUT2D eigenvalue weighted by molar-refractivity contribution is -0.145. The SMILES string of the molecule is CCCCCCCCCCCCOC(=O)C(N)CCCCNC(=O)CCCCCCCCCCC. The summed E-state index contributed by atoms with van der Waals surface area (Å²) >= 11 is 0. The fourth-order valence-corrected chi connectivity index (χ4v) is 4.39. The number of hydrogen-bond donors (Lipinski definition) is 2. The van der Waals surface area contributed by atoms with Crippen molar-refractivity contribution in [3.05, 3.63) is 0 Å². The van der Waals surface area contributed by atoms with Crippen LogP contribution >= 0.6 is 0 Å². The van der Waals surface area contributed by atoms with E-state index in [1.54, 1.807) is 0 Å². The first-order chi connectivity index (χ1) is 17.1. The lowest BCUT2D eigenvalue weighted by atomic mass is 10.1. The lowest BCUT2D eigenvalue weighted by Crippen LogP contribution is -2.32. The Labute approximate surface area is 218 Å². The number of esters is 1. The van der Waals surface area contributed by atoms with E-state index < -0.39 is 6.04 Å². The molecule has 1 unspecified atom stereocenters. The number of rotatable bonds is 27. The number of nitrogens with one attached hydrogen (secondary N) is 1. The van der Waals surface area contributed by atoms with E-state index in [2.05, 4.69) is 19.2 Å². The molecule has 1 atom stereocenters. The van der Waals surface area contributed by atoms with Crippen molar-refractivity contribution >= 4 is 11.9 Å². The van der Waals surface area contributed by atoms with Crippen LogP contribution in [0.25, 0.3) is 0 Å². The Balaban J connectivity index is 3.41. The molecule has 0 spiro atoms. The molecule has 0 aliphatic heterocycles. The molecule has 5 nitrogen and oxygen atoms in total. The Morgan fingerprint density at radius 2 is 1.09 bits per heavy atom. The van der Waals surface area contributed by atoms with Crippen LogP contribution in [0.1, 0.15) is 162 Å². The van der Waals surface area contributed by atoms with E-state index in [0.717, 1.165) is 38.5 Å². The van der Waals surface area contributed by atoms with Crippen LogP contribution in [0.5, 0.6) is 0 Å². The fourth-order valence-electron chi connectivity index (χ4n) is 4.39. The van der Waals surface area contributed by atoms with E-state index in [1.807, 2.05) is 0 Å². The van der Waals surface area contributed by atoms with Crippen molar-refractivity contribution in [3.8, 4) is 0 Å². The van der Waals surface area contributed by atoms with Crippen LogP contribution in [0.3, 0.4) is 0 Å². The van der Waals surface area contributed by atoms with Crippen molar-refractivity contribution in [2.24, 2.45) is 5.73 Å². The third-order valence-corrected chi connectivity index (χ3v) is 6.82. The summed E-state index contributed by atoms with van der Waals surface area (Å²) in [6.07, 6.45) is 27.0. The van der Waals surface area contributed by atoms with Crippen LogP contribution in [0, 0.1) is 0 Å². The quantitative estimate of drug-likeness (QED) is 0.0892. The normalized spacial score (nSPS) is 12.0. The Morgan fingerprint density at radius 3 is 1.60 bits per heavy atom. The molecule has 3 N–H and O–H groups in total. The van der Waals surface area contributed by atoms with Gasteiger partial charge in [-0.15, -0.1) is 0 Å². The van der Waals surface area contributed by atoms with Gasteiger partial charge in [0.25, 0.3) is 0 Å². The number of carbonyl (C=O) groups is 2. The maximum atomic E-state index is 12.0. The predicted molar refractivity (Wildman–Crippen MR) is 149 cm³/mol. The molecule has 0 aromatic carbocycles. The molecule has 0 fully saturated rings. The van der Waals surface area contributed by atoms with Gasteiger partial charge in [-0.2, -0.15) is 0 Å². The minimum atomic E-state index is -0.546. The molecular formula is C30H60N2O3. The van der Waals surface area contributed by atoms with E-state index in [-0.39, 0.29) is 11.9 Å². The molecule has 0 radical (unpaired) electrons. The third-order valence-electron chi connectivity index (χ3n) is 6.82.